The molecule has 1 rings (SSSR count). The fourth-order valence-corrected chi connectivity index (χ4v) is 3.75. The number of hydrogen-bond donors (Lipinski definition) is 5. The number of allylic oxidation sites excluding steroid dienone is 4. The van der Waals surface area contributed by atoms with Crippen molar-refractivity contribution in [1.82, 2.24) is 0 Å². The van der Waals surface area contributed by atoms with Crippen LogP contribution < -0.4 is 0 Å². The maximum atomic E-state index is 10.3. The number of ether oxygens (including phenoxy) is 3. The van der Waals surface area contributed by atoms with Crippen LogP contribution in [0.1, 0.15) is 59.8 Å². The SMILES string of the molecule is C=C[C@](C)(CCC=C(C)CCC=C(C)CC(O)C=C(C)OC=O)O[C@@H]1OC(CO)[C@@H](O)[C@H](O)C1O. The number of aliphatic hydroxyl groups is 5. The van der Waals surface area contributed by atoms with Crippen LogP contribution in [0.5, 0.6) is 0 Å². The molecule has 1 saturated heterocycles. The van der Waals surface area contributed by atoms with Gasteiger partial charge in [-0.2, -0.15) is 0 Å². The quantitative estimate of drug-likeness (QED) is 0.130. The Labute approximate surface area is 208 Å². The second-order valence-electron chi connectivity index (χ2n) is 9.27. The topological polar surface area (TPSA) is 146 Å². The lowest BCUT2D eigenvalue weighted by Gasteiger charge is -2.42. The van der Waals surface area contributed by atoms with Crippen molar-refractivity contribution < 1.29 is 44.5 Å². The third-order valence-electron chi connectivity index (χ3n) is 6.02. The molecular weight excluding hydrogens is 456 g/mol. The van der Waals surface area contributed by atoms with Crippen molar-refractivity contribution in [1.29, 1.82) is 0 Å². The molecule has 0 saturated carbocycles. The van der Waals surface area contributed by atoms with Crippen LogP contribution in [0, 0.1) is 0 Å². The molecule has 5 N–H and O–H groups in total. The molecule has 9 heteroatoms. The molecule has 0 radical (unpaired) electrons. The van der Waals surface area contributed by atoms with Crippen molar-refractivity contribution in [2.24, 2.45) is 0 Å². The minimum absolute atomic E-state index is 0.329. The molecule has 0 aromatic rings. The van der Waals surface area contributed by atoms with E-state index < -0.39 is 49.0 Å². The first-order chi connectivity index (χ1) is 16.5. The van der Waals surface area contributed by atoms with Crippen molar-refractivity contribution in [2.75, 3.05) is 6.61 Å². The molecule has 0 spiro atoms. The minimum Gasteiger partial charge on any atom is -0.434 e. The van der Waals surface area contributed by atoms with Crippen LogP contribution in [0.3, 0.4) is 0 Å². The zero-order valence-corrected chi connectivity index (χ0v) is 21.2. The first kappa shape index (κ1) is 31.2. The molecule has 1 heterocycles. The number of carbonyl (C=O) groups excluding carboxylic acids is 1. The van der Waals surface area contributed by atoms with Gasteiger partial charge in [0.25, 0.3) is 6.47 Å². The Kier molecular flexibility index (Phi) is 13.6. The lowest BCUT2D eigenvalue weighted by Crippen LogP contribution is -2.60. The third-order valence-corrected chi connectivity index (χ3v) is 6.02. The van der Waals surface area contributed by atoms with Crippen LogP contribution in [0.4, 0.5) is 0 Å². The molecule has 0 amide bonds. The summed E-state index contributed by atoms with van der Waals surface area (Å²) in [4.78, 5) is 10.3. The Morgan fingerprint density at radius 2 is 1.74 bits per heavy atom. The molecular formula is C26H42O9. The van der Waals surface area contributed by atoms with E-state index in [1.54, 1.807) is 19.9 Å². The van der Waals surface area contributed by atoms with Crippen LogP contribution >= 0.6 is 0 Å². The average Bonchev–Trinajstić information content (AvgIpc) is 2.79. The van der Waals surface area contributed by atoms with Crippen molar-refractivity contribution in [3.05, 3.63) is 47.8 Å². The van der Waals surface area contributed by atoms with Crippen molar-refractivity contribution >= 4 is 6.47 Å². The number of hydrogen-bond acceptors (Lipinski definition) is 9. The fourth-order valence-electron chi connectivity index (χ4n) is 3.75. The van der Waals surface area contributed by atoms with E-state index in [9.17, 15) is 30.3 Å². The van der Waals surface area contributed by atoms with E-state index in [0.29, 0.717) is 31.5 Å². The highest BCUT2D eigenvalue weighted by atomic mass is 16.7. The van der Waals surface area contributed by atoms with Crippen molar-refractivity contribution in [2.45, 2.75) is 102 Å². The van der Waals surface area contributed by atoms with Gasteiger partial charge in [-0.15, -0.1) is 6.58 Å². The Bertz CT molecular complexity index is 758. The standard InChI is InChI=1S/C26H42O9/c1-6-26(5,35-25-24(32)23(31)22(30)21(15-27)34-25)12-8-11-17(2)9-7-10-18(3)13-20(29)14-19(4)33-16-28/h6,10-11,14,16,20-25,27,29-32H,1,7-9,12-13,15H2,2-5H3/t20?,21?,22-,23+,24?,25+,26-/m1/s1. The predicted molar refractivity (Wildman–Crippen MR) is 131 cm³/mol. The molecule has 35 heavy (non-hydrogen) atoms. The Balaban J connectivity index is 2.55. The molecule has 0 aromatic carbocycles. The van der Waals surface area contributed by atoms with Crippen LogP contribution in [0.25, 0.3) is 0 Å². The van der Waals surface area contributed by atoms with Gasteiger partial charge >= 0.3 is 0 Å². The van der Waals surface area contributed by atoms with Gasteiger partial charge in [0.2, 0.25) is 0 Å². The average molecular weight is 499 g/mol. The number of aliphatic hydroxyl groups excluding tert-OH is 5. The van der Waals surface area contributed by atoms with Gasteiger partial charge in [-0.25, -0.2) is 0 Å². The van der Waals surface area contributed by atoms with Crippen LogP contribution in [-0.4, -0.2) is 81.0 Å². The summed E-state index contributed by atoms with van der Waals surface area (Å²) in [5.41, 5.74) is 1.35. The summed E-state index contributed by atoms with van der Waals surface area (Å²) in [5, 5.41) is 49.5. The normalized spacial score (nSPS) is 28.8. The van der Waals surface area contributed by atoms with Gasteiger partial charge in [0.05, 0.1) is 18.3 Å². The van der Waals surface area contributed by atoms with E-state index in [1.165, 1.54) is 11.6 Å². The highest BCUT2D eigenvalue weighted by Crippen LogP contribution is 2.29. The minimum atomic E-state index is -1.50. The summed E-state index contributed by atoms with van der Waals surface area (Å²) in [6, 6.07) is 0. The summed E-state index contributed by atoms with van der Waals surface area (Å²) in [6.45, 7) is 11.0. The summed E-state index contributed by atoms with van der Waals surface area (Å²) >= 11 is 0. The highest BCUT2D eigenvalue weighted by Gasteiger charge is 2.45. The zero-order chi connectivity index (χ0) is 26.6. The zero-order valence-electron chi connectivity index (χ0n) is 21.2. The first-order valence-electron chi connectivity index (χ1n) is 11.9. The van der Waals surface area contributed by atoms with Crippen LogP contribution in [0.2, 0.25) is 0 Å². The monoisotopic (exact) mass is 498 g/mol. The summed E-state index contributed by atoms with van der Waals surface area (Å²) < 4.78 is 16.0. The lowest BCUT2D eigenvalue weighted by molar-refractivity contribution is -0.319. The van der Waals surface area contributed by atoms with Crippen LogP contribution in [0.15, 0.2) is 47.8 Å². The van der Waals surface area contributed by atoms with E-state index in [4.69, 9.17) is 9.47 Å². The molecule has 1 fully saturated rings. The molecule has 0 aliphatic carbocycles. The molecule has 9 nitrogen and oxygen atoms in total. The van der Waals surface area contributed by atoms with E-state index in [0.717, 1.165) is 18.4 Å². The van der Waals surface area contributed by atoms with Gasteiger partial charge in [0, 0.05) is 0 Å². The maximum Gasteiger partial charge on any atom is 0.298 e. The van der Waals surface area contributed by atoms with Gasteiger partial charge in [-0.1, -0.05) is 29.4 Å². The largest absolute Gasteiger partial charge is 0.434 e. The number of carbonyl (C=O) groups is 1. The van der Waals surface area contributed by atoms with Gasteiger partial charge < -0.3 is 39.7 Å². The van der Waals surface area contributed by atoms with Crippen LogP contribution in [-0.2, 0) is 19.0 Å². The van der Waals surface area contributed by atoms with Gasteiger partial charge in [-0.05, 0) is 65.9 Å². The second kappa shape index (κ2) is 15.3. The fraction of sp³-hybridized carbons (Fsp3) is 0.654. The molecule has 200 valence electrons. The summed E-state index contributed by atoms with van der Waals surface area (Å²) in [6.07, 6.45) is 3.23. The smallest absolute Gasteiger partial charge is 0.298 e. The molecule has 3 unspecified atom stereocenters. The number of rotatable bonds is 15. The van der Waals surface area contributed by atoms with Gasteiger partial charge in [0.15, 0.2) is 6.29 Å². The highest BCUT2D eigenvalue weighted by molar-refractivity contribution is 5.39. The van der Waals surface area contributed by atoms with E-state index in [1.807, 2.05) is 13.8 Å². The van der Waals surface area contributed by atoms with E-state index in [-0.39, 0.29) is 0 Å². The lowest BCUT2D eigenvalue weighted by atomic mass is 9.96. The molecule has 1 aliphatic rings. The van der Waals surface area contributed by atoms with Crippen molar-refractivity contribution in [3.63, 3.8) is 0 Å². The molecule has 1 aliphatic heterocycles. The predicted octanol–water partition coefficient (Wildman–Crippen LogP) is 2.03. The maximum absolute atomic E-state index is 10.3. The Morgan fingerprint density at radius 1 is 1.09 bits per heavy atom. The van der Waals surface area contributed by atoms with E-state index >= 15 is 0 Å². The molecule has 7 atom stereocenters. The van der Waals surface area contributed by atoms with Gasteiger partial charge in [0.1, 0.15) is 30.2 Å². The Hall–Kier alpha value is -1.85. The van der Waals surface area contributed by atoms with Gasteiger partial charge in [-0.3, -0.25) is 4.79 Å². The first-order valence-corrected chi connectivity index (χ1v) is 11.9. The third kappa shape index (κ3) is 10.7. The van der Waals surface area contributed by atoms with E-state index in [2.05, 4.69) is 23.5 Å². The molecule has 0 bridgehead atoms. The van der Waals surface area contributed by atoms with Crippen molar-refractivity contribution in [3.8, 4) is 0 Å². The Morgan fingerprint density at radius 3 is 2.34 bits per heavy atom. The summed E-state index contributed by atoms with van der Waals surface area (Å²) in [5.74, 6) is 0.362. The molecule has 0 aromatic heterocycles. The summed E-state index contributed by atoms with van der Waals surface area (Å²) in [7, 11) is 0. The second-order valence-corrected chi connectivity index (χ2v) is 9.27.